The van der Waals surface area contributed by atoms with Crippen molar-refractivity contribution in [1.82, 2.24) is 0 Å². The molecule has 0 heterocycles. The summed E-state index contributed by atoms with van der Waals surface area (Å²) in [7, 11) is 3.69. The first-order chi connectivity index (χ1) is 11.5. The zero-order valence-electron chi connectivity index (χ0n) is 17.5. The molecule has 0 spiro atoms. The van der Waals surface area contributed by atoms with Crippen molar-refractivity contribution in [2.75, 3.05) is 14.1 Å². The molecule has 0 saturated carbocycles. The van der Waals surface area contributed by atoms with Crippen LogP contribution in [-0.2, 0) is 0 Å². The highest BCUT2D eigenvalue weighted by molar-refractivity contribution is 4.61. The Hall–Kier alpha value is -0.0800. The normalized spacial score (nSPS) is 13.4. The number of unbranched alkanes of at least 4 members (excludes halogenated alkanes) is 13. The van der Waals surface area contributed by atoms with Crippen LogP contribution in [0.25, 0.3) is 0 Å². The van der Waals surface area contributed by atoms with E-state index in [-0.39, 0.29) is 4.65 Å². The van der Waals surface area contributed by atoms with E-state index in [1.165, 1.54) is 96.3 Å². The van der Waals surface area contributed by atoms with Crippen LogP contribution in [0.3, 0.4) is 0 Å². The van der Waals surface area contributed by atoms with Crippen LogP contribution in [-0.4, -0.2) is 24.8 Å². The molecule has 146 valence electrons. The van der Waals surface area contributed by atoms with Gasteiger partial charge >= 0.3 is 0 Å². The fraction of sp³-hybridized carbons (Fsp3) is 1.00. The zero-order chi connectivity index (χ0) is 18.1. The molecule has 0 aromatic heterocycles. The van der Waals surface area contributed by atoms with Crippen LogP contribution in [0.5, 0.6) is 0 Å². The van der Waals surface area contributed by atoms with Gasteiger partial charge < -0.3 is 9.85 Å². The standard InChI is InChI=1S/C22H47NO/c1-5-7-9-11-13-14-15-17-19-21-22(23(3,4)24)20-18-16-12-10-8-6-2/h22H,5-21H2,1-4H3. The number of hydroxylamine groups is 3. The average molecular weight is 342 g/mol. The van der Waals surface area contributed by atoms with Gasteiger partial charge in [0.15, 0.2) is 0 Å². The second kappa shape index (κ2) is 16.4. The molecule has 0 fully saturated rings. The van der Waals surface area contributed by atoms with Crippen LogP contribution in [0.1, 0.15) is 123 Å². The van der Waals surface area contributed by atoms with Gasteiger partial charge in [-0.2, -0.15) is 0 Å². The van der Waals surface area contributed by atoms with Crippen molar-refractivity contribution in [2.24, 2.45) is 0 Å². The van der Waals surface area contributed by atoms with Gasteiger partial charge in [-0.25, -0.2) is 0 Å². The third-order valence-corrected chi connectivity index (χ3v) is 5.41. The van der Waals surface area contributed by atoms with E-state index in [1.54, 1.807) is 0 Å². The van der Waals surface area contributed by atoms with E-state index >= 15 is 0 Å². The summed E-state index contributed by atoms with van der Waals surface area (Å²) in [6.45, 7) is 4.54. The average Bonchev–Trinajstić information content (AvgIpc) is 2.53. The van der Waals surface area contributed by atoms with Gasteiger partial charge in [0, 0.05) is 0 Å². The highest BCUT2D eigenvalue weighted by atomic mass is 16.5. The predicted molar refractivity (Wildman–Crippen MR) is 109 cm³/mol. The van der Waals surface area contributed by atoms with Crippen molar-refractivity contribution in [3.63, 3.8) is 0 Å². The van der Waals surface area contributed by atoms with E-state index in [2.05, 4.69) is 13.8 Å². The van der Waals surface area contributed by atoms with E-state index in [1.807, 2.05) is 14.1 Å². The Bertz CT molecular complexity index is 247. The van der Waals surface area contributed by atoms with Crippen LogP contribution < -0.4 is 0 Å². The fourth-order valence-corrected chi connectivity index (χ4v) is 3.62. The predicted octanol–water partition coefficient (Wildman–Crippen LogP) is 7.60. The van der Waals surface area contributed by atoms with E-state index in [0.29, 0.717) is 6.04 Å². The molecule has 2 nitrogen and oxygen atoms in total. The first-order valence-electron chi connectivity index (χ1n) is 11.1. The molecule has 0 aliphatic heterocycles. The van der Waals surface area contributed by atoms with Gasteiger partial charge in [-0.3, -0.25) is 0 Å². The monoisotopic (exact) mass is 341 g/mol. The van der Waals surface area contributed by atoms with Gasteiger partial charge in [-0.05, 0) is 25.7 Å². The lowest BCUT2D eigenvalue weighted by atomic mass is 9.99. The number of hydrogen-bond acceptors (Lipinski definition) is 1. The molecule has 1 atom stereocenters. The summed E-state index contributed by atoms with van der Waals surface area (Å²) in [4.78, 5) is 0. The molecular weight excluding hydrogens is 294 g/mol. The lowest BCUT2D eigenvalue weighted by molar-refractivity contribution is -0.867. The SMILES string of the molecule is CCCCCCCCCCCC(CCCCCCCC)[N+](C)(C)[O-]. The molecule has 0 saturated heterocycles. The Balaban J connectivity index is 3.66. The lowest BCUT2D eigenvalue weighted by Crippen LogP contribution is -2.43. The largest absolute Gasteiger partial charge is 0.633 e. The van der Waals surface area contributed by atoms with Crippen molar-refractivity contribution in [2.45, 2.75) is 129 Å². The fourth-order valence-electron chi connectivity index (χ4n) is 3.62. The second-order valence-electron chi connectivity index (χ2n) is 8.26. The Morgan fingerprint density at radius 1 is 0.542 bits per heavy atom. The summed E-state index contributed by atoms with van der Waals surface area (Å²) in [5, 5.41) is 12.4. The highest BCUT2D eigenvalue weighted by Gasteiger charge is 2.19. The Labute approximate surface area is 153 Å². The summed E-state index contributed by atoms with van der Waals surface area (Å²) in [6.07, 6.45) is 22.5. The van der Waals surface area contributed by atoms with Crippen molar-refractivity contribution in [3.8, 4) is 0 Å². The maximum Gasteiger partial charge on any atom is 0.0883 e. The molecule has 0 amide bonds. The van der Waals surface area contributed by atoms with Crippen LogP contribution >= 0.6 is 0 Å². The van der Waals surface area contributed by atoms with Crippen LogP contribution in [0.2, 0.25) is 0 Å². The smallest absolute Gasteiger partial charge is 0.0883 e. The molecule has 0 bridgehead atoms. The Morgan fingerprint density at radius 3 is 1.12 bits per heavy atom. The summed E-state index contributed by atoms with van der Waals surface area (Å²) >= 11 is 0. The molecule has 0 aliphatic carbocycles. The molecule has 24 heavy (non-hydrogen) atoms. The molecule has 0 radical (unpaired) electrons. The van der Waals surface area contributed by atoms with Gasteiger partial charge in [-0.1, -0.05) is 97.3 Å². The Kier molecular flexibility index (Phi) is 16.3. The van der Waals surface area contributed by atoms with Crippen LogP contribution in [0.4, 0.5) is 0 Å². The minimum absolute atomic E-state index is 0.0913. The third kappa shape index (κ3) is 15.4. The van der Waals surface area contributed by atoms with Crippen molar-refractivity contribution in [3.05, 3.63) is 5.21 Å². The number of quaternary nitrogens is 1. The summed E-state index contributed by atoms with van der Waals surface area (Å²) in [5.41, 5.74) is 0. The van der Waals surface area contributed by atoms with Crippen LogP contribution in [0, 0.1) is 5.21 Å². The maximum atomic E-state index is 12.4. The zero-order valence-corrected chi connectivity index (χ0v) is 17.5. The first kappa shape index (κ1) is 23.9. The molecule has 0 aliphatic rings. The highest BCUT2D eigenvalue weighted by Crippen LogP contribution is 2.21. The molecule has 0 aromatic carbocycles. The quantitative estimate of drug-likeness (QED) is 0.143. The van der Waals surface area contributed by atoms with E-state index in [9.17, 15) is 5.21 Å². The number of nitrogens with zero attached hydrogens (tertiary/aromatic N) is 1. The van der Waals surface area contributed by atoms with Crippen molar-refractivity contribution in [1.29, 1.82) is 0 Å². The topological polar surface area (TPSA) is 23.1 Å². The molecule has 0 rings (SSSR count). The minimum Gasteiger partial charge on any atom is -0.633 e. The van der Waals surface area contributed by atoms with E-state index in [4.69, 9.17) is 0 Å². The summed E-state index contributed by atoms with van der Waals surface area (Å²) in [5.74, 6) is 0. The van der Waals surface area contributed by atoms with Gasteiger partial charge in [-0.15, -0.1) is 0 Å². The molecule has 0 N–H and O–H groups in total. The van der Waals surface area contributed by atoms with Crippen molar-refractivity contribution >= 4 is 0 Å². The molecule has 0 aromatic rings. The molecule has 2 heteroatoms. The third-order valence-electron chi connectivity index (χ3n) is 5.41. The van der Waals surface area contributed by atoms with Crippen LogP contribution in [0.15, 0.2) is 0 Å². The minimum atomic E-state index is -0.0913. The van der Waals surface area contributed by atoms with Gasteiger partial charge in [0.2, 0.25) is 0 Å². The van der Waals surface area contributed by atoms with Gasteiger partial charge in [0.05, 0.1) is 20.1 Å². The van der Waals surface area contributed by atoms with Gasteiger partial charge in [0.25, 0.3) is 0 Å². The number of rotatable bonds is 18. The first-order valence-corrected chi connectivity index (χ1v) is 11.1. The Morgan fingerprint density at radius 2 is 0.833 bits per heavy atom. The maximum absolute atomic E-state index is 12.4. The van der Waals surface area contributed by atoms with Crippen molar-refractivity contribution < 1.29 is 4.65 Å². The molecule has 1 unspecified atom stereocenters. The lowest BCUT2D eigenvalue weighted by Gasteiger charge is -2.42. The number of hydrogen-bond donors (Lipinski definition) is 0. The second-order valence-corrected chi connectivity index (χ2v) is 8.26. The van der Waals surface area contributed by atoms with Gasteiger partial charge in [0.1, 0.15) is 0 Å². The van der Waals surface area contributed by atoms with E-state index < -0.39 is 0 Å². The van der Waals surface area contributed by atoms with E-state index in [0.717, 1.165) is 12.8 Å². The summed E-state index contributed by atoms with van der Waals surface area (Å²) in [6, 6.07) is 0.320. The summed E-state index contributed by atoms with van der Waals surface area (Å²) < 4.78 is -0.0913. The molecular formula is C22H47NO.